The second kappa shape index (κ2) is 4.18. The van der Waals surface area contributed by atoms with Crippen molar-refractivity contribution in [3.05, 3.63) is 30.1 Å². The van der Waals surface area contributed by atoms with Gasteiger partial charge in [0.2, 0.25) is 0 Å². The summed E-state index contributed by atoms with van der Waals surface area (Å²) in [5.74, 6) is 1.24. The van der Waals surface area contributed by atoms with E-state index in [1.54, 1.807) is 6.20 Å². The summed E-state index contributed by atoms with van der Waals surface area (Å²) in [5.41, 5.74) is 1.72. The molecule has 21 heavy (non-hydrogen) atoms. The summed E-state index contributed by atoms with van der Waals surface area (Å²) in [5, 5.41) is 0. The Balaban J connectivity index is 1.63. The van der Waals surface area contributed by atoms with E-state index in [2.05, 4.69) is 18.8 Å². The molecule has 5 rings (SSSR count). The van der Waals surface area contributed by atoms with Crippen LogP contribution in [-0.4, -0.2) is 10.8 Å². The van der Waals surface area contributed by atoms with E-state index in [1.807, 2.05) is 18.2 Å². The topological polar surface area (TPSA) is 30.0 Å². The molecule has 2 heteroatoms. The normalized spacial score (nSPS) is 44.0. The number of aromatic nitrogens is 1. The summed E-state index contributed by atoms with van der Waals surface area (Å²) in [6, 6.07) is 5.89. The average molecular weight is 283 g/mol. The molecule has 0 N–H and O–H groups in total. The van der Waals surface area contributed by atoms with Crippen molar-refractivity contribution < 1.29 is 4.79 Å². The maximum atomic E-state index is 13.1. The van der Waals surface area contributed by atoms with Crippen LogP contribution in [0.5, 0.6) is 0 Å². The maximum absolute atomic E-state index is 13.1. The zero-order valence-electron chi connectivity index (χ0n) is 13.2. The molecule has 4 aliphatic rings. The Hall–Kier alpha value is -1.18. The fraction of sp³-hybridized carbons (Fsp3) is 0.684. The molecule has 1 heterocycles. The lowest BCUT2D eigenvalue weighted by Gasteiger charge is -2.64. The van der Waals surface area contributed by atoms with E-state index in [-0.39, 0.29) is 5.41 Å². The van der Waals surface area contributed by atoms with E-state index in [4.69, 9.17) is 0 Å². The Morgan fingerprint density at radius 3 is 2.43 bits per heavy atom. The van der Waals surface area contributed by atoms with Crippen molar-refractivity contribution in [1.29, 1.82) is 0 Å². The van der Waals surface area contributed by atoms with E-state index in [0.29, 0.717) is 23.0 Å². The number of ketones is 1. The fourth-order valence-corrected chi connectivity index (χ4v) is 6.61. The first-order valence-electron chi connectivity index (χ1n) is 8.34. The molecule has 2 nitrogen and oxygen atoms in total. The van der Waals surface area contributed by atoms with Crippen LogP contribution < -0.4 is 0 Å². The number of hydrogen-bond donors (Lipinski definition) is 0. The van der Waals surface area contributed by atoms with Gasteiger partial charge in [-0.15, -0.1) is 0 Å². The molecule has 0 spiro atoms. The van der Waals surface area contributed by atoms with Gasteiger partial charge in [0.05, 0.1) is 0 Å². The summed E-state index contributed by atoms with van der Waals surface area (Å²) >= 11 is 0. The van der Waals surface area contributed by atoms with Crippen LogP contribution in [0.4, 0.5) is 0 Å². The molecular formula is C19H25NO. The van der Waals surface area contributed by atoms with Crippen molar-refractivity contribution in [3.63, 3.8) is 0 Å². The van der Waals surface area contributed by atoms with Crippen molar-refractivity contribution >= 4 is 5.78 Å². The lowest BCUT2D eigenvalue weighted by Crippen LogP contribution is -2.57. The second-order valence-electron chi connectivity index (χ2n) is 8.83. The third kappa shape index (κ3) is 2.15. The zero-order chi connectivity index (χ0) is 14.7. The van der Waals surface area contributed by atoms with Gasteiger partial charge in [-0.05, 0) is 67.4 Å². The molecule has 112 valence electrons. The van der Waals surface area contributed by atoms with Crippen LogP contribution in [0.3, 0.4) is 0 Å². The molecule has 1 aromatic rings. The van der Waals surface area contributed by atoms with Crippen molar-refractivity contribution in [2.45, 2.75) is 58.8 Å². The van der Waals surface area contributed by atoms with Gasteiger partial charge in [-0.25, -0.2) is 0 Å². The summed E-state index contributed by atoms with van der Waals surface area (Å²) in [4.78, 5) is 17.5. The molecule has 0 aliphatic heterocycles. The third-order valence-electron chi connectivity index (χ3n) is 6.29. The smallest absolute Gasteiger partial charge is 0.145 e. The highest BCUT2D eigenvalue weighted by Gasteiger charge is 2.62. The van der Waals surface area contributed by atoms with Crippen molar-refractivity contribution in [2.75, 3.05) is 0 Å². The van der Waals surface area contributed by atoms with E-state index < -0.39 is 0 Å². The Morgan fingerprint density at radius 1 is 1.14 bits per heavy atom. The highest BCUT2D eigenvalue weighted by molar-refractivity contribution is 5.87. The largest absolute Gasteiger partial charge is 0.299 e. The monoisotopic (exact) mass is 283 g/mol. The van der Waals surface area contributed by atoms with E-state index >= 15 is 0 Å². The van der Waals surface area contributed by atoms with Crippen LogP contribution in [0.2, 0.25) is 0 Å². The molecule has 4 bridgehead atoms. The molecule has 2 atom stereocenters. The lowest BCUT2D eigenvalue weighted by atomic mass is 9.39. The van der Waals surface area contributed by atoms with Crippen LogP contribution >= 0.6 is 0 Å². The highest BCUT2D eigenvalue weighted by atomic mass is 16.1. The van der Waals surface area contributed by atoms with Gasteiger partial charge in [0.15, 0.2) is 0 Å². The summed E-state index contributed by atoms with van der Waals surface area (Å²) in [7, 11) is 0. The Labute approximate surface area is 127 Å². The van der Waals surface area contributed by atoms with Gasteiger partial charge in [-0.3, -0.25) is 9.78 Å². The molecule has 0 saturated heterocycles. The van der Waals surface area contributed by atoms with Crippen LogP contribution in [0.1, 0.15) is 58.1 Å². The second-order valence-corrected chi connectivity index (χ2v) is 8.83. The molecule has 0 radical (unpaired) electrons. The number of nitrogens with zero attached hydrogens (tertiary/aromatic N) is 1. The van der Waals surface area contributed by atoms with Crippen LogP contribution in [0.15, 0.2) is 24.4 Å². The number of pyridine rings is 1. The van der Waals surface area contributed by atoms with Crippen molar-refractivity contribution in [3.8, 4) is 0 Å². The SMILES string of the molecule is CC12CC3CC(C)(C1)CC(C(=O)Cc1ccccn1)(C3)C2. The first kappa shape index (κ1) is 13.5. The maximum Gasteiger partial charge on any atom is 0.145 e. The van der Waals surface area contributed by atoms with Gasteiger partial charge in [-0.1, -0.05) is 19.9 Å². The summed E-state index contributed by atoms with van der Waals surface area (Å²) in [6.07, 6.45) is 9.74. The number of carbonyl (C=O) groups is 1. The quantitative estimate of drug-likeness (QED) is 0.832. The van der Waals surface area contributed by atoms with Crippen molar-refractivity contribution in [1.82, 2.24) is 4.98 Å². The highest BCUT2D eigenvalue weighted by Crippen LogP contribution is 2.69. The van der Waals surface area contributed by atoms with Crippen LogP contribution in [0.25, 0.3) is 0 Å². The third-order valence-corrected chi connectivity index (χ3v) is 6.29. The predicted molar refractivity (Wildman–Crippen MR) is 82.8 cm³/mol. The van der Waals surface area contributed by atoms with Crippen molar-refractivity contribution in [2.24, 2.45) is 22.2 Å². The van der Waals surface area contributed by atoms with E-state index in [9.17, 15) is 4.79 Å². The molecule has 0 amide bonds. The number of carbonyl (C=O) groups excluding carboxylic acids is 1. The van der Waals surface area contributed by atoms with Gasteiger partial charge in [0.25, 0.3) is 0 Å². The van der Waals surface area contributed by atoms with Gasteiger partial charge in [0.1, 0.15) is 5.78 Å². The van der Waals surface area contributed by atoms with Gasteiger partial charge in [0, 0.05) is 23.7 Å². The molecule has 1 aromatic heterocycles. The molecular weight excluding hydrogens is 258 g/mol. The Bertz CT molecular complexity index is 560. The lowest BCUT2D eigenvalue weighted by molar-refractivity contribution is -0.167. The van der Waals surface area contributed by atoms with E-state index in [1.165, 1.54) is 19.3 Å². The number of Topliss-reactive ketones (excluding diaryl/α,β-unsaturated/α-hetero) is 1. The predicted octanol–water partition coefficient (Wildman–Crippen LogP) is 4.19. The first-order valence-corrected chi connectivity index (χ1v) is 8.34. The van der Waals surface area contributed by atoms with E-state index in [0.717, 1.165) is 30.9 Å². The minimum Gasteiger partial charge on any atom is -0.299 e. The molecule has 4 fully saturated rings. The first-order chi connectivity index (χ1) is 9.91. The minimum atomic E-state index is -0.0412. The Kier molecular flexibility index (Phi) is 2.68. The standard InChI is InChI=1S/C19H25NO/c1-17-8-14-9-18(2,11-17)13-19(10-14,12-17)16(21)7-15-5-3-4-6-20-15/h3-6,14H,7-13H2,1-2H3. The molecule has 2 unspecified atom stereocenters. The zero-order valence-corrected chi connectivity index (χ0v) is 13.2. The Morgan fingerprint density at radius 2 is 1.86 bits per heavy atom. The molecule has 0 aromatic carbocycles. The van der Waals surface area contributed by atoms with Gasteiger partial charge >= 0.3 is 0 Å². The molecule has 4 aliphatic carbocycles. The van der Waals surface area contributed by atoms with Gasteiger partial charge < -0.3 is 0 Å². The average Bonchev–Trinajstić information content (AvgIpc) is 2.35. The fourth-order valence-electron chi connectivity index (χ4n) is 6.61. The number of hydrogen-bond acceptors (Lipinski definition) is 2. The van der Waals surface area contributed by atoms with Crippen LogP contribution in [0, 0.1) is 22.2 Å². The van der Waals surface area contributed by atoms with Crippen LogP contribution in [-0.2, 0) is 11.2 Å². The minimum absolute atomic E-state index is 0.0412. The molecule has 4 saturated carbocycles. The number of rotatable bonds is 3. The van der Waals surface area contributed by atoms with Gasteiger partial charge in [-0.2, -0.15) is 0 Å². The summed E-state index contributed by atoms with van der Waals surface area (Å²) in [6.45, 7) is 4.86. The summed E-state index contributed by atoms with van der Waals surface area (Å²) < 4.78 is 0.